The third-order valence-electron chi connectivity index (χ3n) is 6.96. The van der Waals surface area contributed by atoms with Gasteiger partial charge in [-0.1, -0.05) is 35.9 Å². The SMILES string of the molecule is CCOC(=O)CCc1cc(OC)c2c(c1)N(c1cccc3c1CCN(C(=O)c1ccccc1Cl)C3)NN2C. The molecule has 3 aromatic carbocycles. The molecule has 0 unspecified atom stereocenters. The summed E-state index contributed by atoms with van der Waals surface area (Å²) in [5.74, 6) is 0.444. The monoisotopic (exact) mass is 534 g/mol. The predicted molar refractivity (Wildman–Crippen MR) is 148 cm³/mol. The average Bonchev–Trinajstić information content (AvgIpc) is 3.26. The third-order valence-corrected chi connectivity index (χ3v) is 7.29. The van der Waals surface area contributed by atoms with Crippen molar-refractivity contribution in [2.45, 2.75) is 32.7 Å². The molecule has 0 spiro atoms. The van der Waals surface area contributed by atoms with E-state index in [1.807, 2.05) is 48.1 Å². The summed E-state index contributed by atoms with van der Waals surface area (Å²) in [5, 5.41) is 4.44. The Morgan fingerprint density at radius 1 is 1.08 bits per heavy atom. The van der Waals surface area contributed by atoms with Gasteiger partial charge in [0, 0.05) is 26.6 Å². The minimum atomic E-state index is -0.216. The molecule has 1 N–H and O–H groups in total. The fourth-order valence-electron chi connectivity index (χ4n) is 5.15. The number of amides is 1. The Morgan fingerprint density at radius 3 is 2.66 bits per heavy atom. The van der Waals surface area contributed by atoms with Crippen molar-refractivity contribution in [3.8, 4) is 5.75 Å². The average molecular weight is 535 g/mol. The van der Waals surface area contributed by atoms with Crippen LogP contribution >= 0.6 is 11.6 Å². The van der Waals surface area contributed by atoms with Crippen molar-refractivity contribution in [3.63, 3.8) is 0 Å². The minimum Gasteiger partial charge on any atom is -0.494 e. The fraction of sp³-hybridized carbons (Fsp3) is 0.310. The maximum absolute atomic E-state index is 13.2. The summed E-state index contributed by atoms with van der Waals surface area (Å²) >= 11 is 6.30. The summed E-state index contributed by atoms with van der Waals surface area (Å²) < 4.78 is 10.8. The zero-order valence-electron chi connectivity index (χ0n) is 21.8. The Balaban J connectivity index is 1.45. The lowest BCUT2D eigenvalue weighted by Crippen LogP contribution is -2.41. The van der Waals surface area contributed by atoms with Gasteiger partial charge < -0.3 is 14.4 Å². The van der Waals surface area contributed by atoms with Gasteiger partial charge in [-0.05, 0) is 66.8 Å². The van der Waals surface area contributed by atoms with E-state index in [4.69, 9.17) is 21.1 Å². The molecule has 0 aliphatic carbocycles. The number of benzene rings is 3. The van der Waals surface area contributed by atoms with Crippen LogP contribution in [-0.4, -0.2) is 44.1 Å². The molecule has 2 heterocycles. The Hall–Kier alpha value is -3.75. The Bertz CT molecular complexity index is 1380. The number of hydrogen-bond donors (Lipinski definition) is 1. The molecule has 198 valence electrons. The van der Waals surface area contributed by atoms with Crippen molar-refractivity contribution in [1.29, 1.82) is 0 Å². The second-order valence-electron chi connectivity index (χ2n) is 9.34. The van der Waals surface area contributed by atoms with E-state index in [1.165, 1.54) is 5.56 Å². The number of fused-ring (bicyclic) bond motifs is 2. The summed E-state index contributed by atoms with van der Waals surface area (Å²) in [5.41, 5.74) is 10.1. The van der Waals surface area contributed by atoms with Gasteiger partial charge in [-0.15, -0.1) is 5.53 Å². The molecule has 0 aromatic heterocycles. The Labute approximate surface area is 227 Å². The molecule has 5 rings (SSSR count). The lowest BCUT2D eigenvalue weighted by Gasteiger charge is -2.32. The molecule has 0 radical (unpaired) electrons. The normalized spacial score (nSPS) is 14.3. The number of ether oxygens (including phenoxy) is 2. The van der Waals surface area contributed by atoms with Crippen LogP contribution in [0.4, 0.5) is 17.1 Å². The van der Waals surface area contributed by atoms with Crippen molar-refractivity contribution in [2.24, 2.45) is 0 Å². The first-order valence-electron chi connectivity index (χ1n) is 12.7. The number of anilines is 3. The standard InChI is InChI=1S/C29H31ClN4O4/c1-4-38-27(35)13-12-19-16-25-28(26(17-19)37-3)32(2)31-34(25)24-11-7-8-20-18-33(15-14-21(20)24)29(36)22-9-5-6-10-23(22)30/h5-11,16-17,31H,4,12-15,18H2,1-3H3. The van der Waals surface area contributed by atoms with Crippen LogP contribution in [0.1, 0.15) is 40.4 Å². The molecular formula is C29H31ClN4O4. The summed E-state index contributed by atoms with van der Waals surface area (Å²) in [7, 11) is 3.59. The topological polar surface area (TPSA) is 74.3 Å². The number of methoxy groups -OCH3 is 1. The number of hydrogen-bond acceptors (Lipinski definition) is 7. The van der Waals surface area contributed by atoms with Crippen LogP contribution in [0.5, 0.6) is 5.75 Å². The Morgan fingerprint density at radius 2 is 1.89 bits per heavy atom. The molecule has 1 amide bonds. The highest BCUT2D eigenvalue weighted by atomic mass is 35.5. The van der Waals surface area contributed by atoms with Crippen LogP contribution in [-0.2, 0) is 28.9 Å². The second-order valence-corrected chi connectivity index (χ2v) is 9.74. The van der Waals surface area contributed by atoms with E-state index in [2.05, 4.69) is 28.7 Å². The molecule has 0 bridgehead atoms. The number of rotatable bonds is 7. The molecule has 0 saturated carbocycles. The van der Waals surface area contributed by atoms with E-state index in [1.54, 1.807) is 19.2 Å². The number of nitrogens with zero attached hydrogens (tertiary/aromatic N) is 3. The molecule has 0 saturated heterocycles. The summed E-state index contributed by atoms with van der Waals surface area (Å²) in [4.78, 5) is 27.0. The first-order valence-corrected chi connectivity index (χ1v) is 13.1. The van der Waals surface area contributed by atoms with Gasteiger partial charge in [0.1, 0.15) is 11.4 Å². The molecule has 0 fully saturated rings. The smallest absolute Gasteiger partial charge is 0.306 e. The third kappa shape index (κ3) is 4.89. The van der Waals surface area contributed by atoms with E-state index >= 15 is 0 Å². The second kappa shape index (κ2) is 10.9. The number of carbonyl (C=O) groups is 2. The quantitative estimate of drug-likeness (QED) is 0.425. The van der Waals surface area contributed by atoms with Gasteiger partial charge >= 0.3 is 5.97 Å². The Kier molecular flexibility index (Phi) is 7.44. The number of hydrazine groups is 2. The minimum absolute atomic E-state index is 0.0630. The lowest BCUT2D eigenvalue weighted by atomic mass is 9.96. The molecule has 38 heavy (non-hydrogen) atoms. The van der Waals surface area contributed by atoms with Crippen molar-refractivity contribution in [1.82, 2.24) is 10.4 Å². The van der Waals surface area contributed by atoms with Crippen molar-refractivity contribution >= 4 is 40.5 Å². The first-order chi connectivity index (χ1) is 18.4. The van der Waals surface area contributed by atoms with Gasteiger partial charge in [-0.25, -0.2) is 0 Å². The lowest BCUT2D eigenvalue weighted by molar-refractivity contribution is -0.143. The number of aryl methyl sites for hydroxylation is 1. The zero-order chi connectivity index (χ0) is 26.8. The fourth-order valence-corrected chi connectivity index (χ4v) is 5.37. The van der Waals surface area contributed by atoms with Gasteiger partial charge in [0.15, 0.2) is 0 Å². The van der Waals surface area contributed by atoms with Gasteiger partial charge in [-0.3, -0.25) is 19.6 Å². The van der Waals surface area contributed by atoms with Crippen molar-refractivity contribution in [3.05, 3.63) is 81.9 Å². The van der Waals surface area contributed by atoms with Crippen LogP contribution in [0.15, 0.2) is 54.6 Å². The van der Waals surface area contributed by atoms with E-state index in [-0.39, 0.29) is 11.9 Å². The van der Waals surface area contributed by atoms with Gasteiger partial charge in [0.25, 0.3) is 5.91 Å². The molecule has 2 aliphatic rings. The van der Waals surface area contributed by atoms with Crippen LogP contribution in [0.3, 0.4) is 0 Å². The van der Waals surface area contributed by atoms with Crippen LogP contribution < -0.4 is 20.3 Å². The summed E-state index contributed by atoms with van der Waals surface area (Å²) in [6, 6.07) is 17.4. The highest BCUT2D eigenvalue weighted by Crippen LogP contribution is 2.46. The van der Waals surface area contributed by atoms with Crippen LogP contribution in [0.25, 0.3) is 0 Å². The molecule has 0 atom stereocenters. The van der Waals surface area contributed by atoms with Crippen molar-refractivity contribution < 1.29 is 19.1 Å². The molecule has 8 nitrogen and oxygen atoms in total. The number of nitrogens with one attached hydrogen (secondary N) is 1. The van der Waals surface area contributed by atoms with Crippen LogP contribution in [0.2, 0.25) is 5.02 Å². The highest BCUT2D eigenvalue weighted by molar-refractivity contribution is 6.33. The highest BCUT2D eigenvalue weighted by Gasteiger charge is 2.32. The van der Waals surface area contributed by atoms with Gasteiger partial charge in [-0.2, -0.15) is 0 Å². The zero-order valence-corrected chi connectivity index (χ0v) is 22.5. The molecule has 9 heteroatoms. The van der Waals surface area contributed by atoms with E-state index in [9.17, 15) is 9.59 Å². The van der Waals surface area contributed by atoms with E-state index < -0.39 is 0 Å². The first kappa shape index (κ1) is 25.9. The molecular weight excluding hydrogens is 504 g/mol. The van der Waals surface area contributed by atoms with E-state index in [0.717, 1.165) is 33.9 Å². The van der Waals surface area contributed by atoms with Crippen LogP contribution in [0, 0.1) is 0 Å². The van der Waals surface area contributed by atoms with Crippen molar-refractivity contribution in [2.75, 3.05) is 37.3 Å². The summed E-state index contributed by atoms with van der Waals surface area (Å²) in [6.07, 6.45) is 1.56. The molecule has 2 aliphatic heterocycles. The summed E-state index contributed by atoms with van der Waals surface area (Å²) in [6.45, 7) is 3.28. The predicted octanol–water partition coefficient (Wildman–Crippen LogP) is 5.05. The maximum atomic E-state index is 13.2. The number of esters is 1. The molecule has 3 aromatic rings. The van der Waals surface area contributed by atoms with E-state index in [0.29, 0.717) is 49.5 Å². The van der Waals surface area contributed by atoms with Gasteiger partial charge in [0.2, 0.25) is 0 Å². The maximum Gasteiger partial charge on any atom is 0.306 e. The number of carbonyl (C=O) groups excluding carboxylic acids is 2. The largest absolute Gasteiger partial charge is 0.494 e. The van der Waals surface area contributed by atoms with Gasteiger partial charge in [0.05, 0.1) is 35.7 Å². The number of halogens is 1.